The smallest absolute Gasteiger partial charge is 0.378 e. The van der Waals surface area contributed by atoms with Crippen LogP contribution < -0.4 is 5.73 Å². The third-order valence-electron chi connectivity index (χ3n) is 2.85. The molecule has 1 heterocycles. The summed E-state index contributed by atoms with van der Waals surface area (Å²) in [5.41, 5.74) is 5.74. The highest BCUT2D eigenvalue weighted by atomic mass is 16.5. The maximum absolute atomic E-state index is 11.4. The van der Waals surface area contributed by atoms with Gasteiger partial charge in [-0.2, -0.15) is 0 Å². The number of hydrogen-bond acceptors (Lipinski definition) is 5. The molecule has 0 aromatic carbocycles. The number of nitrogens with zero attached hydrogens (tertiary/aromatic N) is 2. The molecule has 102 valence electrons. The molecular weight excluding hydrogens is 232 g/mol. The second-order valence-corrected chi connectivity index (χ2v) is 5.03. The molecule has 1 aromatic heterocycles. The molecule has 0 aliphatic rings. The minimum Gasteiger partial charge on any atom is -0.460 e. The van der Waals surface area contributed by atoms with Gasteiger partial charge in [-0.3, -0.25) is 5.10 Å². The number of H-pyrrole nitrogens is 1. The van der Waals surface area contributed by atoms with Gasteiger partial charge in [0, 0.05) is 6.42 Å². The molecule has 0 saturated heterocycles. The average molecular weight is 254 g/mol. The van der Waals surface area contributed by atoms with Crippen LogP contribution in [0.15, 0.2) is 0 Å². The van der Waals surface area contributed by atoms with E-state index < -0.39 is 5.97 Å². The zero-order valence-corrected chi connectivity index (χ0v) is 11.3. The molecule has 3 N–H and O–H groups in total. The number of carbonyl (C=O) groups is 1. The van der Waals surface area contributed by atoms with Crippen LogP contribution in [0.25, 0.3) is 0 Å². The lowest BCUT2D eigenvalue weighted by atomic mass is 9.84. The van der Waals surface area contributed by atoms with Crippen molar-refractivity contribution in [2.24, 2.45) is 11.1 Å². The van der Waals surface area contributed by atoms with Crippen LogP contribution in [-0.2, 0) is 11.2 Å². The van der Waals surface area contributed by atoms with E-state index in [9.17, 15) is 4.79 Å². The quantitative estimate of drug-likeness (QED) is 0.715. The molecule has 0 amide bonds. The summed E-state index contributed by atoms with van der Waals surface area (Å²) < 4.78 is 4.82. The van der Waals surface area contributed by atoms with Gasteiger partial charge in [-0.1, -0.05) is 13.8 Å². The molecule has 0 saturated carbocycles. The van der Waals surface area contributed by atoms with Crippen LogP contribution in [-0.4, -0.2) is 34.3 Å². The summed E-state index contributed by atoms with van der Waals surface area (Å²) >= 11 is 0. The van der Waals surface area contributed by atoms with Gasteiger partial charge in [-0.15, -0.1) is 5.10 Å². The molecule has 0 bridgehead atoms. The number of aromatic amines is 1. The third kappa shape index (κ3) is 4.44. The van der Waals surface area contributed by atoms with Gasteiger partial charge in [0.2, 0.25) is 0 Å². The van der Waals surface area contributed by atoms with Crippen molar-refractivity contribution in [2.45, 2.75) is 40.0 Å². The number of esters is 1. The number of nitrogens with one attached hydrogen (secondary N) is 1. The molecule has 18 heavy (non-hydrogen) atoms. The Morgan fingerprint density at radius 2 is 2.17 bits per heavy atom. The van der Waals surface area contributed by atoms with Crippen LogP contribution in [0, 0.1) is 5.41 Å². The molecule has 0 radical (unpaired) electrons. The van der Waals surface area contributed by atoms with Gasteiger partial charge in [-0.05, 0) is 31.7 Å². The number of aryl methyl sites for hydroxylation is 1. The van der Waals surface area contributed by atoms with Gasteiger partial charge in [-0.25, -0.2) is 9.78 Å². The van der Waals surface area contributed by atoms with Gasteiger partial charge in [0.1, 0.15) is 5.82 Å². The highest BCUT2D eigenvalue weighted by Gasteiger charge is 2.19. The highest BCUT2D eigenvalue weighted by molar-refractivity contribution is 5.84. The first kappa shape index (κ1) is 14.6. The fraction of sp³-hybridized carbons (Fsp3) is 0.750. The Morgan fingerprint density at radius 3 is 2.78 bits per heavy atom. The van der Waals surface area contributed by atoms with E-state index in [2.05, 4.69) is 29.0 Å². The van der Waals surface area contributed by atoms with E-state index in [-0.39, 0.29) is 11.2 Å². The van der Waals surface area contributed by atoms with Crippen molar-refractivity contribution >= 4 is 5.97 Å². The van der Waals surface area contributed by atoms with Crippen molar-refractivity contribution in [3.63, 3.8) is 0 Å². The molecule has 6 nitrogen and oxygen atoms in total. The average Bonchev–Trinajstić information content (AvgIpc) is 2.75. The molecule has 0 fully saturated rings. The van der Waals surface area contributed by atoms with E-state index in [4.69, 9.17) is 10.5 Å². The van der Waals surface area contributed by atoms with Crippen LogP contribution in [0.3, 0.4) is 0 Å². The van der Waals surface area contributed by atoms with Gasteiger partial charge >= 0.3 is 5.97 Å². The van der Waals surface area contributed by atoms with Crippen LogP contribution >= 0.6 is 0 Å². The number of carbonyl (C=O) groups excluding carboxylic acids is 1. The summed E-state index contributed by atoms with van der Waals surface area (Å²) in [5, 5.41) is 6.61. The summed E-state index contributed by atoms with van der Waals surface area (Å²) in [4.78, 5) is 15.5. The lowest BCUT2D eigenvalue weighted by Gasteiger charge is -2.22. The van der Waals surface area contributed by atoms with Crippen molar-refractivity contribution < 1.29 is 9.53 Å². The van der Waals surface area contributed by atoms with Crippen molar-refractivity contribution in [2.75, 3.05) is 13.2 Å². The molecule has 0 unspecified atom stereocenters. The fourth-order valence-corrected chi connectivity index (χ4v) is 1.67. The first-order valence-electron chi connectivity index (χ1n) is 6.27. The SMILES string of the molecule is CCOC(=O)c1n[nH]c(CCC(C)(C)CCN)n1. The molecular formula is C12H22N4O2. The lowest BCUT2D eigenvalue weighted by molar-refractivity contribution is 0.0512. The van der Waals surface area contributed by atoms with E-state index in [0.29, 0.717) is 19.0 Å². The Labute approximate surface area is 107 Å². The molecule has 1 rings (SSSR count). The molecule has 0 aliphatic heterocycles. The van der Waals surface area contributed by atoms with Gasteiger partial charge in [0.05, 0.1) is 6.61 Å². The van der Waals surface area contributed by atoms with Crippen LogP contribution in [0.2, 0.25) is 0 Å². The van der Waals surface area contributed by atoms with Crippen LogP contribution in [0.1, 0.15) is 50.1 Å². The second kappa shape index (κ2) is 6.49. The number of ether oxygens (including phenoxy) is 1. The minimum atomic E-state index is -0.485. The van der Waals surface area contributed by atoms with Crippen molar-refractivity contribution in [3.05, 3.63) is 11.6 Å². The van der Waals surface area contributed by atoms with Crippen molar-refractivity contribution in [1.82, 2.24) is 15.2 Å². The fourth-order valence-electron chi connectivity index (χ4n) is 1.67. The summed E-state index contributed by atoms with van der Waals surface area (Å²) in [6, 6.07) is 0. The van der Waals surface area contributed by atoms with E-state index >= 15 is 0 Å². The topological polar surface area (TPSA) is 93.9 Å². The Morgan fingerprint density at radius 1 is 1.44 bits per heavy atom. The van der Waals surface area contributed by atoms with Gasteiger partial charge in [0.15, 0.2) is 0 Å². The monoisotopic (exact) mass is 254 g/mol. The maximum Gasteiger partial charge on any atom is 0.378 e. The van der Waals surface area contributed by atoms with Crippen molar-refractivity contribution in [3.8, 4) is 0 Å². The van der Waals surface area contributed by atoms with Crippen LogP contribution in [0.5, 0.6) is 0 Å². The van der Waals surface area contributed by atoms with E-state index in [1.165, 1.54) is 0 Å². The summed E-state index contributed by atoms with van der Waals surface area (Å²) in [6.07, 6.45) is 2.66. The van der Waals surface area contributed by atoms with Gasteiger partial charge in [0.25, 0.3) is 5.82 Å². The molecule has 0 aliphatic carbocycles. The first-order chi connectivity index (χ1) is 8.48. The molecule has 1 aromatic rings. The Bertz CT molecular complexity index is 387. The third-order valence-corrected chi connectivity index (χ3v) is 2.85. The Hall–Kier alpha value is -1.43. The van der Waals surface area contributed by atoms with E-state index in [1.54, 1.807) is 6.92 Å². The predicted molar refractivity (Wildman–Crippen MR) is 68.1 cm³/mol. The number of hydrogen-bond donors (Lipinski definition) is 2. The summed E-state index contributed by atoms with van der Waals surface area (Å²) in [6.45, 7) is 7.09. The Kier molecular flexibility index (Phi) is 5.27. The largest absolute Gasteiger partial charge is 0.460 e. The molecule has 6 heteroatoms. The number of rotatable bonds is 7. The minimum absolute atomic E-state index is 0.100. The first-order valence-corrected chi connectivity index (χ1v) is 6.27. The maximum atomic E-state index is 11.4. The number of aromatic nitrogens is 3. The van der Waals surface area contributed by atoms with Crippen molar-refractivity contribution in [1.29, 1.82) is 0 Å². The summed E-state index contributed by atoms with van der Waals surface area (Å²) in [5.74, 6) is 0.327. The number of nitrogens with two attached hydrogens (primary N) is 1. The van der Waals surface area contributed by atoms with Gasteiger partial charge < -0.3 is 10.5 Å². The van der Waals surface area contributed by atoms with Crippen LogP contribution in [0.4, 0.5) is 0 Å². The standard InChI is InChI=1S/C12H22N4O2/c1-4-18-11(17)10-14-9(15-16-10)5-6-12(2,3)7-8-13/h4-8,13H2,1-3H3,(H,14,15,16). The zero-order valence-electron chi connectivity index (χ0n) is 11.3. The van der Waals surface area contributed by atoms with E-state index in [1.807, 2.05) is 0 Å². The predicted octanol–water partition coefficient (Wildman–Crippen LogP) is 1.29. The summed E-state index contributed by atoms with van der Waals surface area (Å²) in [7, 11) is 0. The van der Waals surface area contributed by atoms with E-state index in [0.717, 1.165) is 19.3 Å². The Balaban J connectivity index is 2.51. The molecule has 0 spiro atoms. The normalized spacial score (nSPS) is 11.6. The highest BCUT2D eigenvalue weighted by Crippen LogP contribution is 2.25. The zero-order chi connectivity index (χ0) is 13.6. The molecule has 0 atom stereocenters. The lowest BCUT2D eigenvalue weighted by Crippen LogP contribution is -2.18. The second-order valence-electron chi connectivity index (χ2n) is 5.03.